The second-order valence-electron chi connectivity index (χ2n) is 6.89. The van der Waals surface area contributed by atoms with Gasteiger partial charge in [-0.2, -0.15) is 12.6 Å². The summed E-state index contributed by atoms with van der Waals surface area (Å²) in [5.41, 5.74) is -4.40. The Morgan fingerprint density at radius 3 is 1.61 bits per heavy atom. The molecule has 1 aliphatic carbocycles. The summed E-state index contributed by atoms with van der Waals surface area (Å²) in [6.45, 7) is 7.45. The summed E-state index contributed by atoms with van der Waals surface area (Å²) in [6, 6.07) is 0. The third-order valence-corrected chi connectivity index (χ3v) is 5.31. The molecule has 1 fully saturated rings. The molecule has 0 aliphatic heterocycles. The molecule has 0 aromatic heterocycles. The molecule has 5 nitrogen and oxygen atoms in total. The molecule has 5 N–H and O–H groups in total. The number of aliphatic hydroxyl groups is 5. The predicted octanol–water partition coefficient (Wildman–Crippen LogP) is -0.146. The first-order chi connectivity index (χ1) is 7.61. The van der Waals surface area contributed by atoms with Gasteiger partial charge >= 0.3 is 0 Å². The van der Waals surface area contributed by atoms with Gasteiger partial charge in [0.2, 0.25) is 0 Å². The maximum absolute atomic E-state index is 10.4. The lowest BCUT2D eigenvalue weighted by Gasteiger charge is -2.47. The van der Waals surface area contributed by atoms with Crippen LogP contribution in [0.3, 0.4) is 0 Å². The minimum atomic E-state index is -2.50. The largest absolute Gasteiger partial charge is 0.383 e. The fourth-order valence-corrected chi connectivity index (χ4v) is 3.53. The van der Waals surface area contributed by atoms with Gasteiger partial charge in [-0.1, -0.05) is 27.7 Å². The van der Waals surface area contributed by atoms with Crippen LogP contribution in [0.15, 0.2) is 0 Å². The first-order valence-electron chi connectivity index (χ1n) is 5.91. The van der Waals surface area contributed by atoms with Gasteiger partial charge in [0.25, 0.3) is 0 Å². The molecule has 2 unspecified atom stereocenters. The molecule has 1 saturated carbocycles. The van der Waals surface area contributed by atoms with Crippen molar-refractivity contribution in [3.05, 3.63) is 0 Å². The monoisotopic (exact) mass is 280 g/mol. The van der Waals surface area contributed by atoms with Crippen LogP contribution < -0.4 is 0 Å². The lowest BCUT2D eigenvalue weighted by Crippen LogP contribution is -2.67. The van der Waals surface area contributed by atoms with Gasteiger partial charge in [0.1, 0.15) is 5.60 Å². The Kier molecular flexibility index (Phi) is 3.45. The molecule has 0 radical (unpaired) electrons. The third kappa shape index (κ3) is 1.82. The Labute approximate surface area is 113 Å². The Hall–Kier alpha value is 0.150. The molecule has 0 aromatic carbocycles. The van der Waals surface area contributed by atoms with Gasteiger partial charge in [0.05, 0.1) is 5.25 Å². The first-order valence-corrected chi connectivity index (χ1v) is 6.43. The van der Waals surface area contributed by atoms with Crippen molar-refractivity contribution in [3.8, 4) is 0 Å². The molecule has 0 saturated heterocycles. The average Bonchev–Trinajstić information content (AvgIpc) is 2.13. The summed E-state index contributed by atoms with van der Waals surface area (Å²) in [7, 11) is 0. The van der Waals surface area contributed by atoms with E-state index in [1.54, 1.807) is 27.7 Å². The molecular weight excluding hydrogens is 256 g/mol. The van der Waals surface area contributed by atoms with E-state index < -0.39 is 33.3 Å². The highest BCUT2D eigenvalue weighted by Gasteiger charge is 2.68. The minimum Gasteiger partial charge on any atom is -0.383 e. The van der Waals surface area contributed by atoms with E-state index in [2.05, 4.69) is 12.6 Å². The lowest BCUT2D eigenvalue weighted by molar-refractivity contribution is -0.326. The standard InChI is InChI=1S/C12H24O5S/c1-8(2)6-9(3,4)12(16,17)10(5,13)7(18)11(8,14)15/h7,13-18H,6H2,1-5H3. The predicted molar refractivity (Wildman–Crippen MR) is 69.9 cm³/mol. The van der Waals surface area contributed by atoms with Crippen LogP contribution in [0.5, 0.6) is 0 Å². The molecule has 0 heterocycles. The van der Waals surface area contributed by atoms with Crippen molar-refractivity contribution in [2.24, 2.45) is 10.8 Å². The van der Waals surface area contributed by atoms with Crippen molar-refractivity contribution < 1.29 is 25.5 Å². The lowest BCUT2D eigenvalue weighted by atomic mass is 9.69. The summed E-state index contributed by atoms with van der Waals surface area (Å²) in [4.78, 5) is 0. The van der Waals surface area contributed by atoms with Crippen LogP contribution in [0.4, 0.5) is 0 Å². The fraction of sp³-hybridized carbons (Fsp3) is 1.00. The number of hydrogen-bond donors (Lipinski definition) is 6. The highest BCUT2D eigenvalue weighted by molar-refractivity contribution is 7.81. The van der Waals surface area contributed by atoms with Gasteiger partial charge in [-0.05, 0) is 13.3 Å². The highest BCUT2D eigenvalue weighted by atomic mass is 32.1. The summed E-state index contributed by atoms with van der Waals surface area (Å²) >= 11 is 4.03. The van der Waals surface area contributed by atoms with E-state index >= 15 is 0 Å². The fourth-order valence-electron chi connectivity index (χ4n) is 3.00. The maximum Gasteiger partial charge on any atom is 0.198 e. The maximum atomic E-state index is 10.4. The van der Waals surface area contributed by atoms with Crippen molar-refractivity contribution in [2.75, 3.05) is 0 Å². The highest BCUT2D eigenvalue weighted by Crippen LogP contribution is 2.56. The summed E-state index contributed by atoms with van der Waals surface area (Å²) in [5.74, 6) is -4.85. The molecule has 0 spiro atoms. The quantitative estimate of drug-likeness (QED) is 0.211. The molecule has 108 valence electrons. The average molecular weight is 280 g/mol. The zero-order valence-corrected chi connectivity index (χ0v) is 12.4. The first kappa shape index (κ1) is 16.2. The van der Waals surface area contributed by atoms with Gasteiger partial charge < -0.3 is 25.5 Å². The summed E-state index contributed by atoms with van der Waals surface area (Å²) < 4.78 is 0. The van der Waals surface area contributed by atoms with Crippen LogP contribution >= 0.6 is 12.6 Å². The van der Waals surface area contributed by atoms with E-state index in [-0.39, 0.29) is 6.42 Å². The molecule has 0 aromatic rings. The van der Waals surface area contributed by atoms with E-state index in [0.29, 0.717) is 0 Å². The van der Waals surface area contributed by atoms with E-state index in [9.17, 15) is 25.5 Å². The molecule has 0 bridgehead atoms. The van der Waals surface area contributed by atoms with Gasteiger partial charge in [-0.15, -0.1) is 0 Å². The van der Waals surface area contributed by atoms with E-state index in [1.807, 2.05) is 0 Å². The number of hydrogen-bond acceptors (Lipinski definition) is 6. The van der Waals surface area contributed by atoms with Gasteiger partial charge in [0, 0.05) is 10.8 Å². The molecule has 18 heavy (non-hydrogen) atoms. The SMILES string of the molecule is CC1(C)CC(C)(C)C(O)(O)C(C)(O)C(S)C1(O)O. The topological polar surface area (TPSA) is 101 Å². The number of thiol groups is 1. The Morgan fingerprint density at radius 2 is 1.22 bits per heavy atom. The van der Waals surface area contributed by atoms with E-state index in [0.717, 1.165) is 6.92 Å². The van der Waals surface area contributed by atoms with Crippen LogP contribution in [0, 0.1) is 10.8 Å². The Bertz CT molecular complexity index is 346. The van der Waals surface area contributed by atoms with Crippen LogP contribution in [0.25, 0.3) is 0 Å². The molecule has 6 heteroatoms. The van der Waals surface area contributed by atoms with Crippen LogP contribution in [0.2, 0.25) is 0 Å². The van der Waals surface area contributed by atoms with Crippen molar-refractivity contribution in [1.82, 2.24) is 0 Å². The normalized spacial score (nSPS) is 41.2. The van der Waals surface area contributed by atoms with Crippen molar-refractivity contribution >= 4 is 12.6 Å². The second-order valence-corrected chi connectivity index (χ2v) is 7.41. The van der Waals surface area contributed by atoms with Crippen LogP contribution in [-0.2, 0) is 0 Å². The van der Waals surface area contributed by atoms with Crippen LogP contribution in [0.1, 0.15) is 41.0 Å². The van der Waals surface area contributed by atoms with Gasteiger partial charge in [-0.3, -0.25) is 0 Å². The Morgan fingerprint density at radius 1 is 0.833 bits per heavy atom. The number of rotatable bonds is 0. The van der Waals surface area contributed by atoms with Crippen LogP contribution in [-0.4, -0.2) is 48.0 Å². The second kappa shape index (κ2) is 3.84. The third-order valence-electron chi connectivity index (χ3n) is 4.44. The summed E-state index contributed by atoms with van der Waals surface area (Å²) in [6.07, 6.45) is 0.0905. The molecule has 1 aliphatic rings. The van der Waals surface area contributed by atoms with Gasteiger partial charge in [-0.25, -0.2) is 0 Å². The van der Waals surface area contributed by atoms with Crippen molar-refractivity contribution in [1.29, 1.82) is 0 Å². The smallest absolute Gasteiger partial charge is 0.198 e. The van der Waals surface area contributed by atoms with Crippen molar-refractivity contribution in [3.63, 3.8) is 0 Å². The minimum absolute atomic E-state index is 0.0905. The Balaban J connectivity index is 3.53. The summed E-state index contributed by atoms with van der Waals surface area (Å²) in [5, 5.41) is 50.0. The van der Waals surface area contributed by atoms with E-state index in [4.69, 9.17) is 0 Å². The van der Waals surface area contributed by atoms with E-state index in [1.165, 1.54) is 0 Å². The molecule has 2 atom stereocenters. The van der Waals surface area contributed by atoms with Crippen molar-refractivity contribution in [2.45, 2.75) is 63.5 Å². The zero-order chi connectivity index (χ0) is 14.8. The molecule has 1 rings (SSSR count). The molecule has 0 amide bonds. The zero-order valence-electron chi connectivity index (χ0n) is 11.5. The molecular formula is C12H24O5S. The van der Waals surface area contributed by atoms with Gasteiger partial charge in [0.15, 0.2) is 11.6 Å².